The first-order valence-electron chi connectivity index (χ1n) is 5.49. The van der Waals surface area contributed by atoms with Crippen molar-refractivity contribution in [3.8, 4) is 0 Å². The Kier molecular flexibility index (Phi) is 3.91. The van der Waals surface area contributed by atoms with Gasteiger partial charge in [-0.15, -0.1) is 0 Å². The van der Waals surface area contributed by atoms with Crippen LogP contribution in [0.4, 0.5) is 0 Å². The third-order valence-electron chi connectivity index (χ3n) is 2.68. The van der Waals surface area contributed by atoms with Crippen molar-refractivity contribution in [3.05, 3.63) is 35.6 Å². The lowest BCUT2D eigenvalue weighted by Gasteiger charge is -2.02. The number of thioether (sulfide) groups is 1. The van der Waals surface area contributed by atoms with Gasteiger partial charge in [0.25, 0.3) is 0 Å². The number of furan rings is 1. The molecule has 0 aliphatic rings. The minimum absolute atomic E-state index is 0.892. The van der Waals surface area contributed by atoms with Gasteiger partial charge in [-0.05, 0) is 19.2 Å². The maximum atomic E-state index is 5.71. The number of benzene rings is 1. The predicted octanol–water partition coefficient (Wildman–Crippen LogP) is 3.19. The number of fused-ring (bicyclic) bond motifs is 1. The lowest BCUT2D eigenvalue weighted by Crippen LogP contribution is -2.16. The normalized spacial score (nSPS) is 11.1. The molecule has 2 rings (SSSR count). The maximum absolute atomic E-state index is 5.71. The predicted molar refractivity (Wildman–Crippen MR) is 71.0 cm³/mol. The fourth-order valence-electron chi connectivity index (χ4n) is 1.83. The van der Waals surface area contributed by atoms with Gasteiger partial charge in [0, 0.05) is 29.8 Å². The van der Waals surface area contributed by atoms with Crippen LogP contribution in [-0.2, 0) is 6.54 Å². The molecule has 0 spiro atoms. The zero-order valence-electron chi connectivity index (χ0n) is 9.75. The second-order valence-electron chi connectivity index (χ2n) is 3.80. The lowest BCUT2D eigenvalue weighted by atomic mass is 10.1. The summed E-state index contributed by atoms with van der Waals surface area (Å²) in [4.78, 5) is 0. The van der Waals surface area contributed by atoms with E-state index in [1.54, 1.807) is 0 Å². The average Bonchev–Trinajstić information content (AvgIpc) is 2.61. The van der Waals surface area contributed by atoms with Gasteiger partial charge in [0.2, 0.25) is 0 Å². The summed E-state index contributed by atoms with van der Waals surface area (Å²) in [6.07, 6.45) is 2.13. The Morgan fingerprint density at radius 2 is 2.12 bits per heavy atom. The zero-order valence-corrected chi connectivity index (χ0v) is 10.6. The molecule has 0 aliphatic carbocycles. The summed E-state index contributed by atoms with van der Waals surface area (Å²) in [6, 6.07) is 8.21. The second kappa shape index (κ2) is 5.41. The third-order valence-corrected chi connectivity index (χ3v) is 3.30. The van der Waals surface area contributed by atoms with E-state index < -0.39 is 0 Å². The Morgan fingerprint density at radius 1 is 1.31 bits per heavy atom. The van der Waals surface area contributed by atoms with Crippen molar-refractivity contribution in [2.45, 2.75) is 13.5 Å². The van der Waals surface area contributed by atoms with Crippen LogP contribution in [0.2, 0.25) is 0 Å². The van der Waals surface area contributed by atoms with Crippen LogP contribution >= 0.6 is 11.8 Å². The van der Waals surface area contributed by atoms with Gasteiger partial charge in [0.1, 0.15) is 11.3 Å². The highest BCUT2D eigenvalue weighted by Crippen LogP contribution is 2.24. The zero-order chi connectivity index (χ0) is 11.4. The van der Waals surface area contributed by atoms with Gasteiger partial charge in [0.05, 0.1) is 0 Å². The smallest absolute Gasteiger partial charge is 0.134 e. The molecule has 2 nitrogen and oxygen atoms in total. The van der Waals surface area contributed by atoms with Gasteiger partial charge >= 0.3 is 0 Å². The topological polar surface area (TPSA) is 25.2 Å². The summed E-state index contributed by atoms with van der Waals surface area (Å²) >= 11 is 1.86. The van der Waals surface area contributed by atoms with Crippen molar-refractivity contribution in [2.75, 3.05) is 18.6 Å². The van der Waals surface area contributed by atoms with E-state index >= 15 is 0 Å². The van der Waals surface area contributed by atoms with E-state index in [1.807, 2.05) is 30.8 Å². The molecule has 1 heterocycles. The molecule has 2 aromatic rings. The molecule has 0 atom stereocenters. The van der Waals surface area contributed by atoms with Crippen LogP contribution < -0.4 is 5.32 Å². The highest BCUT2D eigenvalue weighted by molar-refractivity contribution is 7.98. The van der Waals surface area contributed by atoms with Gasteiger partial charge in [-0.2, -0.15) is 11.8 Å². The minimum Gasteiger partial charge on any atom is -0.461 e. The first kappa shape index (κ1) is 11.6. The Bertz CT molecular complexity index is 464. The van der Waals surface area contributed by atoms with Crippen LogP contribution in [0.15, 0.2) is 28.7 Å². The molecule has 1 N–H and O–H groups in total. The Hall–Kier alpha value is -0.930. The number of para-hydroxylation sites is 1. The SMILES string of the molecule is CSCCNCc1c(C)oc2ccccc12. The van der Waals surface area contributed by atoms with Crippen LogP contribution in [-0.4, -0.2) is 18.6 Å². The van der Waals surface area contributed by atoms with Crippen molar-refractivity contribution in [1.29, 1.82) is 0 Å². The van der Waals surface area contributed by atoms with Crippen LogP contribution in [0.1, 0.15) is 11.3 Å². The summed E-state index contributed by atoms with van der Waals surface area (Å²) in [5.74, 6) is 2.17. The summed E-state index contributed by atoms with van der Waals surface area (Å²) < 4.78 is 5.71. The molecule has 0 bridgehead atoms. The molecule has 0 radical (unpaired) electrons. The summed E-state index contributed by atoms with van der Waals surface area (Å²) in [6.45, 7) is 3.97. The van der Waals surface area contributed by atoms with Crippen molar-refractivity contribution >= 4 is 22.7 Å². The van der Waals surface area contributed by atoms with Gasteiger partial charge in [-0.25, -0.2) is 0 Å². The highest BCUT2D eigenvalue weighted by atomic mass is 32.2. The minimum atomic E-state index is 0.892. The molecule has 0 saturated heterocycles. The summed E-state index contributed by atoms with van der Waals surface area (Å²) in [5.41, 5.74) is 2.28. The van der Waals surface area contributed by atoms with Gasteiger partial charge in [-0.1, -0.05) is 18.2 Å². The monoisotopic (exact) mass is 235 g/mol. The molecule has 0 amide bonds. The van der Waals surface area contributed by atoms with Gasteiger partial charge in [0.15, 0.2) is 0 Å². The average molecular weight is 235 g/mol. The van der Waals surface area contributed by atoms with E-state index in [-0.39, 0.29) is 0 Å². The van der Waals surface area contributed by atoms with Crippen LogP contribution in [0.5, 0.6) is 0 Å². The summed E-state index contributed by atoms with van der Waals surface area (Å²) in [7, 11) is 0. The van der Waals surface area contributed by atoms with Crippen LogP contribution in [0.25, 0.3) is 11.0 Å². The maximum Gasteiger partial charge on any atom is 0.134 e. The Morgan fingerprint density at radius 3 is 2.94 bits per heavy atom. The number of rotatable bonds is 5. The Labute approximate surface area is 100 Å². The van der Waals surface area contributed by atoms with Crippen molar-refractivity contribution in [3.63, 3.8) is 0 Å². The highest BCUT2D eigenvalue weighted by Gasteiger charge is 2.08. The number of aryl methyl sites for hydroxylation is 1. The van der Waals surface area contributed by atoms with E-state index in [4.69, 9.17) is 4.42 Å². The molecular formula is C13H17NOS. The fourth-order valence-corrected chi connectivity index (χ4v) is 2.18. The van der Waals surface area contributed by atoms with Crippen molar-refractivity contribution in [1.82, 2.24) is 5.32 Å². The molecule has 0 unspecified atom stereocenters. The molecular weight excluding hydrogens is 218 g/mol. The quantitative estimate of drug-likeness (QED) is 0.806. The molecule has 0 saturated carbocycles. The number of nitrogens with one attached hydrogen (secondary N) is 1. The first-order valence-corrected chi connectivity index (χ1v) is 6.89. The third kappa shape index (κ3) is 2.42. The molecule has 3 heteroatoms. The molecule has 0 aliphatic heterocycles. The fraction of sp³-hybridized carbons (Fsp3) is 0.385. The standard InChI is InChI=1S/C13H17NOS/c1-10-12(9-14-7-8-16-2)11-5-3-4-6-13(11)15-10/h3-6,14H,7-9H2,1-2H3. The molecule has 1 aromatic heterocycles. The number of hydrogen-bond acceptors (Lipinski definition) is 3. The molecule has 0 fully saturated rings. The van der Waals surface area contributed by atoms with Crippen LogP contribution in [0.3, 0.4) is 0 Å². The largest absolute Gasteiger partial charge is 0.461 e. The van der Waals surface area contributed by atoms with E-state index in [2.05, 4.69) is 23.7 Å². The Balaban J connectivity index is 2.13. The summed E-state index contributed by atoms with van der Waals surface area (Å²) in [5, 5.41) is 4.67. The molecule has 1 aromatic carbocycles. The molecule has 86 valence electrons. The van der Waals surface area contributed by atoms with E-state index in [9.17, 15) is 0 Å². The van der Waals surface area contributed by atoms with Gasteiger partial charge in [-0.3, -0.25) is 0 Å². The van der Waals surface area contributed by atoms with E-state index in [1.165, 1.54) is 10.9 Å². The van der Waals surface area contributed by atoms with Gasteiger partial charge < -0.3 is 9.73 Å². The van der Waals surface area contributed by atoms with Crippen molar-refractivity contribution < 1.29 is 4.42 Å². The first-order chi connectivity index (χ1) is 7.83. The molecule has 16 heavy (non-hydrogen) atoms. The van der Waals surface area contributed by atoms with E-state index in [0.29, 0.717) is 0 Å². The lowest BCUT2D eigenvalue weighted by molar-refractivity contribution is 0.567. The second-order valence-corrected chi connectivity index (χ2v) is 4.79. The van der Waals surface area contributed by atoms with E-state index in [0.717, 1.165) is 30.2 Å². The van der Waals surface area contributed by atoms with Crippen molar-refractivity contribution in [2.24, 2.45) is 0 Å². The number of hydrogen-bond donors (Lipinski definition) is 1. The van der Waals surface area contributed by atoms with Crippen LogP contribution in [0, 0.1) is 6.92 Å².